The molecule has 4 nitrogen and oxygen atoms in total. The smallest absolute Gasteiger partial charge is 0.250 e. The number of nitrogens with zero attached hydrogens (tertiary/aromatic N) is 2. The lowest BCUT2D eigenvalue weighted by Gasteiger charge is -2.36. The molecule has 3 rings (SSSR count). The first kappa shape index (κ1) is 21.6. The van der Waals surface area contributed by atoms with Crippen molar-refractivity contribution in [3.63, 3.8) is 0 Å². The summed E-state index contributed by atoms with van der Waals surface area (Å²) in [5, 5.41) is 14.0. The Balaban J connectivity index is 2.01. The van der Waals surface area contributed by atoms with Crippen LogP contribution >= 0.6 is 0 Å². The molecule has 0 radical (unpaired) electrons. The number of aryl methyl sites for hydroxylation is 1. The number of aliphatic hydroxyl groups is 1. The van der Waals surface area contributed by atoms with Crippen LogP contribution in [-0.4, -0.2) is 23.0 Å². The maximum Gasteiger partial charge on any atom is 0.250 e. The van der Waals surface area contributed by atoms with E-state index < -0.39 is 13.9 Å². The van der Waals surface area contributed by atoms with Crippen molar-refractivity contribution in [2.75, 3.05) is 0 Å². The van der Waals surface area contributed by atoms with E-state index in [9.17, 15) is 5.11 Å². The average Bonchev–Trinajstić information content (AvgIpc) is 3.06. The largest absolute Gasteiger partial charge is 0.543 e. The summed E-state index contributed by atoms with van der Waals surface area (Å²) in [7, 11) is 0.0370. The van der Waals surface area contributed by atoms with Crippen molar-refractivity contribution in [1.82, 2.24) is 9.55 Å². The van der Waals surface area contributed by atoms with Gasteiger partial charge in [0, 0.05) is 13.2 Å². The summed E-state index contributed by atoms with van der Waals surface area (Å²) in [5.41, 5.74) is 0.398. The zero-order valence-electron chi connectivity index (χ0n) is 18.9. The first-order chi connectivity index (χ1) is 13.3. The molecule has 0 fully saturated rings. The van der Waals surface area contributed by atoms with Gasteiger partial charge >= 0.3 is 0 Å². The van der Waals surface area contributed by atoms with Gasteiger partial charge in [0.2, 0.25) is 8.32 Å². The van der Waals surface area contributed by atoms with Crippen LogP contribution in [0.2, 0.25) is 18.1 Å². The third-order valence-corrected chi connectivity index (χ3v) is 10.7. The van der Waals surface area contributed by atoms with Gasteiger partial charge in [0.05, 0.1) is 12.0 Å². The summed E-state index contributed by atoms with van der Waals surface area (Å²) in [6, 6.07) is 12.4. The summed E-state index contributed by atoms with van der Waals surface area (Å²) in [4.78, 5) is 4.44. The van der Waals surface area contributed by atoms with Gasteiger partial charge in [-0.1, -0.05) is 52.8 Å². The van der Waals surface area contributed by atoms with E-state index in [0.29, 0.717) is 5.69 Å². The minimum atomic E-state index is -1.88. The molecule has 0 aliphatic carbocycles. The SMILES string of the molecule is CC(C)C(O)(c1ccc2cc(O[Si](C)(C)C(C)(C)C)ccc2c1)c1cn(C)cn1. The van der Waals surface area contributed by atoms with Gasteiger partial charge in [-0.2, -0.15) is 0 Å². The van der Waals surface area contributed by atoms with Crippen molar-refractivity contribution in [3.8, 4) is 5.75 Å². The highest BCUT2D eigenvalue weighted by Gasteiger charge is 2.39. The molecular weight excluding hydrogens is 376 g/mol. The Labute approximate surface area is 175 Å². The molecule has 0 bridgehead atoms. The highest BCUT2D eigenvalue weighted by Crippen LogP contribution is 2.39. The quantitative estimate of drug-likeness (QED) is 0.537. The number of hydrogen-bond donors (Lipinski definition) is 1. The summed E-state index contributed by atoms with van der Waals surface area (Å²) < 4.78 is 8.33. The number of benzene rings is 2. The van der Waals surface area contributed by atoms with Gasteiger partial charge in [0.1, 0.15) is 11.4 Å². The Morgan fingerprint density at radius 2 is 1.66 bits per heavy atom. The zero-order valence-corrected chi connectivity index (χ0v) is 19.9. The molecule has 1 unspecified atom stereocenters. The molecule has 156 valence electrons. The second-order valence-corrected chi connectivity index (χ2v) is 14.7. The summed E-state index contributed by atoms with van der Waals surface area (Å²) in [6.07, 6.45) is 3.62. The predicted molar refractivity (Wildman–Crippen MR) is 123 cm³/mol. The summed E-state index contributed by atoms with van der Waals surface area (Å²) in [5.74, 6) is 0.900. The van der Waals surface area contributed by atoms with Crippen LogP contribution in [0, 0.1) is 5.92 Å². The fraction of sp³-hybridized carbons (Fsp3) is 0.458. The van der Waals surface area contributed by atoms with Gasteiger partial charge in [-0.3, -0.25) is 0 Å². The molecule has 0 saturated heterocycles. The molecule has 5 heteroatoms. The van der Waals surface area contributed by atoms with Gasteiger partial charge in [-0.25, -0.2) is 4.98 Å². The number of aromatic nitrogens is 2. The van der Waals surface area contributed by atoms with Gasteiger partial charge in [0.25, 0.3) is 0 Å². The van der Waals surface area contributed by atoms with Crippen molar-refractivity contribution in [1.29, 1.82) is 0 Å². The van der Waals surface area contributed by atoms with Crippen LogP contribution in [0.15, 0.2) is 48.9 Å². The van der Waals surface area contributed by atoms with E-state index in [-0.39, 0.29) is 11.0 Å². The zero-order chi connectivity index (χ0) is 21.6. The lowest BCUT2D eigenvalue weighted by Crippen LogP contribution is -2.43. The maximum absolute atomic E-state index is 11.6. The van der Waals surface area contributed by atoms with E-state index in [4.69, 9.17) is 4.43 Å². The second kappa shape index (κ2) is 7.29. The van der Waals surface area contributed by atoms with Crippen LogP contribution in [-0.2, 0) is 12.6 Å². The Kier molecular flexibility index (Phi) is 5.43. The fourth-order valence-electron chi connectivity index (χ4n) is 3.36. The first-order valence-electron chi connectivity index (χ1n) is 10.3. The van der Waals surface area contributed by atoms with Crippen LogP contribution in [0.1, 0.15) is 45.9 Å². The normalized spacial score (nSPS) is 15.0. The number of imidazole rings is 1. The minimum Gasteiger partial charge on any atom is -0.543 e. The Morgan fingerprint density at radius 3 is 2.21 bits per heavy atom. The van der Waals surface area contributed by atoms with E-state index in [1.54, 1.807) is 6.33 Å². The molecule has 1 heterocycles. The lowest BCUT2D eigenvalue weighted by molar-refractivity contribution is 0.0280. The molecule has 0 amide bonds. The molecule has 0 aliphatic heterocycles. The highest BCUT2D eigenvalue weighted by molar-refractivity contribution is 6.74. The topological polar surface area (TPSA) is 47.3 Å². The van der Waals surface area contributed by atoms with Gasteiger partial charge in [-0.15, -0.1) is 0 Å². The van der Waals surface area contributed by atoms with E-state index in [1.165, 1.54) is 0 Å². The molecule has 1 N–H and O–H groups in total. The van der Waals surface area contributed by atoms with Crippen LogP contribution in [0.3, 0.4) is 0 Å². The summed E-state index contributed by atoms with van der Waals surface area (Å²) in [6.45, 7) is 15.3. The van der Waals surface area contributed by atoms with E-state index in [2.05, 4.69) is 63.1 Å². The van der Waals surface area contributed by atoms with Crippen molar-refractivity contribution < 1.29 is 9.53 Å². The van der Waals surface area contributed by atoms with Crippen molar-refractivity contribution in [2.45, 2.75) is 58.4 Å². The highest BCUT2D eigenvalue weighted by atomic mass is 28.4. The predicted octanol–water partition coefficient (Wildman–Crippen LogP) is 5.85. The summed E-state index contributed by atoms with van der Waals surface area (Å²) >= 11 is 0. The van der Waals surface area contributed by atoms with E-state index in [1.807, 2.05) is 43.8 Å². The molecule has 0 saturated carbocycles. The van der Waals surface area contributed by atoms with Crippen LogP contribution in [0.5, 0.6) is 5.75 Å². The van der Waals surface area contributed by atoms with Crippen LogP contribution in [0.4, 0.5) is 0 Å². The Bertz CT molecular complexity index is 1020. The fourth-order valence-corrected chi connectivity index (χ4v) is 4.38. The molecule has 29 heavy (non-hydrogen) atoms. The Morgan fingerprint density at radius 1 is 1.03 bits per heavy atom. The van der Waals surface area contributed by atoms with E-state index in [0.717, 1.165) is 22.1 Å². The maximum atomic E-state index is 11.6. The minimum absolute atomic E-state index is 0.0176. The third kappa shape index (κ3) is 3.98. The van der Waals surface area contributed by atoms with Crippen LogP contribution < -0.4 is 4.43 Å². The second-order valence-electron chi connectivity index (χ2n) is 9.93. The molecule has 0 aliphatic rings. The first-order valence-corrected chi connectivity index (χ1v) is 13.2. The van der Waals surface area contributed by atoms with E-state index >= 15 is 0 Å². The van der Waals surface area contributed by atoms with Gasteiger partial charge in [0.15, 0.2) is 0 Å². The molecule has 0 spiro atoms. The third-order valence-electron chi connectivity index (χ3n) is 6.36. The van der Waals surface area contributed by atoms with Gasteiger partial charge in [-0.05, 0) is 58.6 Å². The number of hydrogen-bond acceptors (Lipinski definition) is 3. The number of rotatable bonds is 5. The lowest BCUT2D eigenvalue weighted by atomic mass is 9.80. The average molecular weight is 411 g/mol. The monoisotopic (exact) mass is 410 g/mol. The van der Waals surface area contributed by atoms with Crippen molar-refractivity contribution >= 4 is 19.1 Å². The molecular formula is C24H34N2O2Si. The van der Waals surface area contributed by atoms with Crippen LogP contribution in [0.25, 0.3) is 10.8 Å². The standard InChI is InChI=1S/C24H34N2O2Si/c1-17(2)24(27,22-15-26(6)16-25-22)20-11-9-19-14-21(12-10-18(19)13-20)28-29(7,8)23(3,4)5/h9-17,27H,1-8H3. The Hall–Kier alpha value is -2.11. The molecule has 1 atom stereocenters. The molecule has 2 aromatic carbocycles. The van der Waals surface area contributed by atoms with Crippen molar-refractivity contribution in [3.05, 3.63) is 60.2 Å². The molecule has 3 aromatic rings. The molecule has 1 aromatic heterocycles. The van der Waals surface area contributed by atoms with Crippen molar-refractivity contribution in [2.24, 2.45) is 13.0 Å². The number of fused-ring (bicyclic) bond motifs is 1. The van der Waals surface area contributed by atoms with Gasteiger partial charge < -0.3 is 14.1 Å².